The van der Waals surface area contributed by atoms with E-state index < -0.39 is 0 Å². The largest absolute Gasteiger partial charge is 0.328 e. The van der Waals surface area contributed by atoms with Crippen molar-refractivity contribution in [2.75, 3.05) is 0 Å². The summed E-state index contributed by atoms with van der Waals surface area (Å²) in [5.41, 5.74) is 3.38. The van der Waals surface area contributed by atoms with Crippen molar-refractivity contribution in [1.82, 2.24) is 24.2 Å². The lowest BCUT2D eigenvalue weighted by atomic mass is 10.0. The predicted octanol–water partition coefficient (Wildman–Crippen LogP) is 2.64. The zero-order valence-electron chi connectivity index (χ0n) is 15.2. The van der Waals surface area contributed by atoms with Gasteiger partial charge in [-0.3, -0.25) is 9.48 Å². The smallest absolute Gasteiger partial charge is 0.223 e. The Hall–Kier alpha value is -2.89. The molecular weight excluding hydrogens is 326 g/mol. The SMILES string of the molecule is Cc1cnc2n1C[C@H](c1ccccc1)N(C(=O)CCc1ccnn1C)C2. The first kappa shape index (κ1) is 16.6. The van der Waals surface area contributed by atoms with E-state index in [1.54, 1.807) is 6.20 Å². The first-order chi connectivity index (χ1) is 12.6. The lowest BCUT2D eigenvalue weighted by Gasteiger charge is -2.37. The van der Waals surface area contributed by atoms with Crippen LogP contribution in [0, 0.1) is 6.92 Å². The van der Waals surface area contributed by atoms with Gasteiger partial charge in [0.15, 0.2) is 0 Å². The van der Waals surface area contributed by atoms with Crippen LogP contribution in [-0.2, 0) is 31.4 Å². The highest BCUT2D eigenvalue weighted by Gasteiger charge is 2.32. The van der Waals surface area contributed by atoms with Gasteiger partial charge in [-0.2, -0.15) is 5.10 Å². The second-order valence-corrected chi connectivity index (χ2v) is 6.82. The minimum Gasteiger partial charge on any atom is -0.328 e. The number of benzene rings is 1. The Balaban J connectivity index is 1.59. The fraction of sp³-hybridized carbons (Fsp3) is 0.350. The van der Waals surface area contributed by atoms with E-state index in [0.29, 0.717) is 19.4 Å². The maximum Gasteiger partial charge on any atom is 0.223 e. The molecule has 1 amide bonds. The molecule has 4 rings (SSSR count). The number of fused-ring (bicyclic) bond motifs is 1. The van der Waals surface area contributed by atoms with E-state index in [4.69, 9.17) is 0 Å². The minimum atomic E-state index is 0.0376. The van der Waals surface area contributed by atoms with Crippen LogP contribution in [0.2, 0.25) is 0 Å². The van der Waals surface area contributed by atoms with Gasteiger partial charge in [0.25, 0.3) is 0 Å². The molecule has 3 heterocycles. The van der Waals surface area contributed by atoms with Crippen molar-refractivity contribution in [1.29, 1.82) is 0 Å². The molecule has 0 saturated carbocycles. The van der Waals surface area contributed by atoms with E-state index >= 15 is 0 Å². The van der Waals surface area contributed by atoms with Gasteiger partial charge in [-0.05, 0) is 25.0 Å². The van der Waals surface area contributed by atoms with E-state index in [1.165, 1.54) is 5.56 Å². The van der Waals surface area contributed by atoms with Crippen molar-refractivity contribution in [2.45, 2.75) is 38.9 Å². The number of amides is 1. The summed E-state index contributed by atoms with van der Waals surface area (Å²) in [5, 5.41) is 4.18. The van der Waals surface area contributed by atoms with Crippen LogP contribution in [-0.4, -0.2) is 30.1 Å². The molecule has 0 N–H and O–H groups in total. The number of aromatic nitrogens is 4. The summed E-state index contributed by atoms with van der Waals surface area (Å²) in [7, 11) is 1.91. The van der Waals surface area contributed by atoms with Crippen molar-refractivity contribution >= 4 is 5.91 Å². The molecule has 0 unspecified atom stereocenters. The fourth-order valence-electron chi connectivity index (χ4n) is 3.67. The molecule has 0 bridgehead atoms. The Morgan fingerprint density at radius 1 is 1.23 bits per heavy atom. The number of aryl methyl sites for hydroxylation is 3. The number of rotatable bonds is 4. The van der Waals surface area contributed by atoms with Gasteiger partial charge in [-0.1, -0.05) is 30.3 Å². The summed E-state index contributed by atoms with van der Waals surface area (Å²) in [6, 6.07) is 12.3. The molecule has 0 saturated heterocycles. The molecule has 26 heavy (non-hydrogen) atoms. The predicted molar refractivity (Wildman–Crippen MR) is 98.2 cm³/mol. The molecular formula is C20H23N5O. The molecule has 2 aromatic heterocycles. The second kappa shape index (κ2) is 6.78. The second-order valence-electron chi connectivity index (χ2n) is 6.82. The first-order valence-corrected chi connectivity index (χ1v) is 8.96. The van der Waals surface area contributed by atoms with Crippen molar-refractivity contribution in [3.63, 3.8) is 0 Å². The molecule has 0 radical (unpaired) electrons. The Morgan fingerprint density at radius 3 is 2.77 bits per heavy atom. The summed E-state index contributed by atoms with van der Waals surface area (Å²) < 4.78 is 4.05. The first-order valence-electron chi connectivity index (χ1n) is 8.96. The maximum absolute atomic E-state index is 13.1. The zero-order valence-corrected chi connectivity index (χ0v) is 15.2. The number of hydrogen-bond donors (Lipinski definition) is 0. The third-order valence-corrected chi connectivity index (χ3v) is 5.20. The van der Waals surface area contributed by atoms with Crippen molar-refractivity contribution in [2.24, 2.45) is 7.05 Å². The van der Waals surface area contributed by atoms with Gasteiger partial charge in [-0.15, -0.1) is 0 Å². The Bertz CT molecular complexity index is 911. The van der Waals surface area contributed by atoms with E-state index in [0.717, 1.165) is 23.8 Å². The van der Waals surface area contributed by atoms with Crippen LogP contribution in [0.1, 0.15) is 35.2 Å². The van der Waals surface area contributed by atoms with Gasteiger partial charge in [0.1, 0.15) is 5.82 Å². The highest BCUT2D eigenvalue weighted by Crippen LogP contribution is 2.30. The molecule has 0 aliphatic carbocycles. The third-order valence-electron chi connectivity index (χ3n) is 5.20. The van der Waals surface area contributed by atoms with E-state index in [1.807, 2.05) is 47.1 Å². The average molecular weight is 349 g/mol. The summed E-state index contributed by atoms with van der Waals surface area (Å²) in [4.78, 5) is 19.5. The van der Waals surface area contributed by atoms with Gasteiger partial charge in [0, 0.05) is 43.8 Å². The molecule has 0 fully saturated rings. The standard InChI is InChI=1S/C20H23N5O/c1-15-12-21-19-14-25(20(26)9-8-17-10-11-22-23(17)2)18(13-24(15)19)16-6-4-3-5-7-16/h3-7,10-12,18H,8-9,13-14H2,1-2H3/t18-/m1/s1. The summed E-state index contributed by atoms with van der Waals surface area (Å²) in [5.74, 6) is 1.12. The van der Waals surface area contributed by atoms with Gasteiger partial charge < -0.3 is 9.47 Å². The molecule has 134 valence electrons. The fourth-order valence-corrected chi connectivity index (χ4v) is 3.67. The van der Waals surface area contributed by atoms with Crippen LogP contribution in [0.15, 0.2) is 48.8 Å². The minimum absolute atomic E-state index is 0.0376. The lowest BCUT2D eigenvalue weighted by molar-refractivity contribution is -0.135. The molecule has 6 nitrogen and oxygen atoms in total. The highest BCUT2D eigenvalue weighted by atomic mass is 16.2. The molecule has 6 heteroatoms. The number of carbonyl (C=O) groups is 1. The summed E-state index contributed by atoms with van der Waals surface area (Å²) in [6.07, 6.45) is 4.83. The summed E-state index contributed by atoms with van der Waals surface area (Å²) in [6.45, 7) is 3.37. The van der Waals surface area contributed by atoms with Gasteiger partial charge >= 0.3 is 0 Å². The average Bonchev–Trinajstić information content (AvgIpc) is 3.25. The Morgan fingerprint density at radius 2 is 2.04 bits per heavy atom. The zero-order chi connectivity index (χ0) is 18.1. The topological polar surface area (TPSA) is 56.0 Å². The van der Waals surface area contributed by atoms with Crippen LogP contribution >= 0.6 is 0 Å². The van der Waals surface area contributed by atoms with E-state index in [2.05, 4.69) is 33.7 Å². The van der Waals surface area contributed by atoms with Gasteiger partial charge in [-0.25, -0.2) is 4.98 Å². The Labute approximate surface area is 153 Å². The maximum atomic E-state index is 13.1. The molecule has 0 spiro atoms. The molecule has 1 atom stereocenters. The number of imidazole rings is 1. The van der Waals surface area contributed by atoms with Crippen LogP contribution < -0.4 is 0 Å². The molecule has 1 aromatic carbocycles. The van der Waals surface area contributed by atoms with Crippen LogP contribution in [0.4, 0.5) is 0 Å². The van der Waals surface area contributed by atoms with E-state index in [-0.39, 0.29) is 11.9 Å². The summed E-state index contributed by atoms with van der Waals surface area (Å²) >= 11 is 0. The van der Waals surface area contributed by atoms with Crippen molar-refractivity contribution in [3.8, 4) is 0 Å². The van der Waals surface area contributed by atoms with Crippen LogP contribution in [0.5, 0.6) is 0 Å². The van der Waals surface area contributed by atoms with Crippen LogP contribution in [0.25, 0.3) is 0 Å². The monoisotopic (exact) mass is 349 g/mol. The van der Waals surface area contributed by atoms with Crippen molar-refractivity contribution in [3.05, 3.63) is 71.6 Å². The molecule has 1 aliphatic rings. The highest BCUT2D eigenvalue weighted by molar-refractivity contribution is 5.77. The number of hydrogen-bond acceptors (Lipinski definition) is 3. The molecule has 3 aromatic rings. The van der Waals surface area contributed by atoms with Gasteiger partial charge in [0.05, 0.1) is 12.6 Å². The molecule has 1 aliphatic heterocycles. The van der Waals surface area contributed by atoms with Crippen LogP contribution in [0.3, 0.4) is 0 Å². The van der Waals surface area contributed by atoms with Crippen molar-refractivity contribution < 1.29 is 4.79 Å². The normalized spacial score (nSPS) is 16.5. The number of carbonyl (C=O) groups excluding carboxylic acids is 1. The van der Waals surface area contributed by atoms with Gasteiger partial charge in [0.2, 0.25) is 5.91 Å². The quantitative estimate of drug-likeness (QED) is 0.728. The third kappa shape index (κ3) is 3.03. The number of nitrogens with zero attached hydrogens (tertiary/aromatic N) is 5. The lowest BCUT2D eigenvalue weighted by Crippen LogP contribution is -2.41. The van der Waals surface area contributed by atoms with E-state index in [9.17, 15) is 4.79 Å². The Kier molecular flexibility index (Phi) is 4.32.